The van der Waals surface area contributed by atoms with Gasteiger partial charge in [-0.05, 0) is 11.6 Å². The van der Waals surface area contributed by atoms with Crippen molar-refractivity contribution < 1.29 is 9.72 Å². The SMILES string of the molecule is O=C(CSc1ncc(-c2ccccc2)[nH]1)Nc1cccc([N+](=O)[O-])c1. The smallest absolute Gasteiger partial charge is 0.271 e. The highest BCUT2D eigenvalue weighted by Gasteiger charge is 2.10. The molecule has 1 heterocycles. The summed E-state index contributed by atoms with van der Waals surface area (Å²) < 4.78 is 0. The van der Waals surface area contributed by atoms with Gasteiger partial charge in [0.2, 0.25) is 5.91 Å². The van der Waals surface area contributed by atoms with Gasteiger partial charge in [0.25, 0.3) is 5.69 Å². The molecule has 0 bridgehead atoms. The van der Waals surface area contributed by atoms with Crippen molar-refractivity contribution >= 4 is 29.0 Å². The summed E-state index contributed by atoms with van der Waals surface area (Å²) in [6.45, 7) is 0. The Balaban J connectivity index is 1.57. The van der Waals surface area contributed by atoms with Crippen molar-refractivity contribution in [3.63, 3.8) is 0 Å². The van der Waals surface area contributed by atoms with Crippen LogP contribution in [0, 0.1) is 10.1 Å². The van der Waals surface area contributed by atoms with E-state index in [9.17, 15) is 14.9 Å². The maximum Gasteiger partial charge on any atom is 0.271 e. The molecule has 2 N–H and O–H groups in total. The molecule has 0 saturated carbocycles. The van der Waals surface area contributed by atoms with Gasteiger partial charge in [-0.15, -0.1) is 0 Å². The number of aromatic amines is 1. The van der Waals surface area contributed by atoms with Crippen LogP contribution in [-0.2, 0) is 4.79 Å². The molecular formula is C17H14N4O3S. The van der Waals surface area contributed by atoms with E-state index in [-0.39, 0.29) is 17.3 Å². The molecule has 0 unspecified atom stereocenters. The Kier molecular flexibility index (Phi) is 5.10. The van der Waals surface area contributed by atoms with Crippen molar-refractivity contribution in [1.29, 1.82) is 0 Å². The highest BCUT2D eigenvalue weighted by atomic mass is 32.2. The summed E-state index contributed by atoms with van der Waals surface area (Å²) in [7, 11) is 0. The second-order valence-corrected chi connectivity index (χ2v) is 6.08. The Morgan fingerprint density at radius 1 is 1.20 bits per heavy atom. The van der Waals surface area contributed by atoms with E-state index in [1.165, 1.54) is 30.0 Å². The number of amides is 1. The number of carbonyl (C=O) groups is 1. The number of nitro groups is 1. The number of hydrogen-bond donors (Lipinski definition) is 2. The van der Waals surface area contributed by atoms with E-state index in [0.717, 1.165) is 11.3 Å². The fourth-order valence-electron chi connectivity index (χ4n) is 2.17. The third-order valence-electron chi connectivity index (χ3n) is 3.32. The number of imidazole rings is 1. The summed E-state index contributed by atoms with van der Waals surface area (Å²) in [5.41, 5.74) is 2.22. The first-order valence-electron chi connectivity index (χ1n) is 7.39. The number of hydrogen-bond acceptors (Lipinski definition) is 5. The minimum Gasteiger partial charge on any atom is -0.333 e. The van der Waals surface area contributed by atoms with Crippen LogP contribution in [0.5, 0.6) is 0 Å². The van der Waals surface area contributed by atoms with Crippen LogP contribution in [0.2, 0.25) is 0 Å². The zero-order chi connectivity index (χ0) is 17.6. The van der Waals surface area contributed by atoms with Crippen molar-refractivity contribution in [1.82, 2.24) is 9.97 Å². The van der Waals surface area contributed by atoms with Gasteiger partial charge in [-0.2, -0.15) is 0 Å². The van der Waals surface area contributed by atoms with Crippen LogP contribution in [-0.4, -0.2) is 26.6 Å². The van der Waals surface area contributed by atoms with Gasteiger partial charge in [0.05, 0.1) is 22.6 Å². The largest absolute Gasteiger partial charge is 0.333 e. The summed E-state index contributed by atoms with van der Waals surface area (Å²) in [4.78, 5) is 29.6. The topological polar surface area (TPSA) is 101 Å². The van der Waals surface area contributed by atoms with Crippen molar-refractivity contribution in [2.75, 3.05) is 11.1 Å². The Morgan fingerprint density at radius 3 is 2.76 bits per heavy atom. The Hall–Kier alpha value is -3.13. The molecule has 0 spiro atoms. The van der Waals surface area contributed by atoms with Crippen LogP contribution in [0.15, 0.2) is 66.0 Å². The number of non-ortho nitro benzene ring substituents is 1. The maximum absolute atomic E-state index is 12.0. The van der Waals surface area contributed by atoms with Gasteiger partial charge in [0.1, 0.15) is 0 Å². The second kappa shape index (κ2) is 7.63. The van der Waals surface area contributed by atoms with Crippen LogP contribution in [0.1, 0.15) is 0 Å². The molecule has 0 saturated heterocycles. The van der Waals surface area contributed by atoms with Gasteiger partial charge >= 0.3 is 0 Å². The van der Waals surface area contributed by atoms with E-state index in [2.05, 4.69) is 15.3 Å². The summed E-state index contributed by atoms with van der Waals surface area (Å²) >= 11 is 1.26. The van der Waals surface area contributed by atoms with E-state index in [1.807, 2.05) is 30.3 Å². The molecule has 0 fully saturated rings. The molecule has 0 atom stereocenters. The molecule has 0 radical (unpaired) electrons. The van der Waals surface area contributed by atoms with Crippen LogP contribution in [0.25, 0.3) is 11.3 Å². The first-order chi connectivity index (χ1) is 12.1. The molecule has 2 aromatic carbocycles. The number of aromatic nitrogens is 2. The summed E-state index contributed by atoms with van der Waals surface area (Å²) in [5.74, 6) is -0.118. The minimum atomic E-state index is -0.502. The molecule has 3 aromatic rings. The molecule has 126 valence electrons. The molecule has 3 rings (SSSR count). The fourth-order valence-corrected chi connectivity index (χ4v) is 2.82. The van der Waals surface area contributed by atoms with Gasteiger partial charge in [0, 0.05) is 17.8 Å². The van der Waals surface area contributed by atoms with Crippen molar-refractivity contribution in [2.24, 2.45) is 0 Å². The van der Waals surface area contributed by atoms with Gasteiger partial charge < -0.3 is 10.3 Å². The van der Waals surface area contributed by atoms with Crippen LogP contribution in [0.4, 0.5) is 11.4 Å². The van der Waals surface area contributed by atoms with Gasteiger partial charge in [-0.25, -0.2) is 4.98 Å². The third-order valence-corrected chi connectivity index (χ3v) is 4.21. The minimum absolute atomic E-state index is 0.0657. The van der Waals surface area contributed by atoms with E-state index in [1.54, 1.807) is 12.3 Å². The molecule has 25 heavy (non-hydrogen) atoms. The van der Waals surface area contributed by atoms with E-state index in [4.69, 9.17) is 0 Å². The quantitative estimate of drug-likeness (QED) is 0.399. The number of benzene rings is 2. The predicted molar refractivity (Wildman–Crippen MR) is 96.5 cm³/mol. The number of nitrogens with zero attached hydrogens (tertiary/aromatic N) is 2. The highest BCUT2D eigenvalue weighted by Crippen LogP contribution is 2.22. The van der Waals surface area contributed by atoms with Crippen LogP contribution in [0.3, 0.4) is 0 Å². The maximum atomic E-state index is 12.0. The van der Waals surface area contributed by atoms with Gasteiger partial charge in [-0.1, -0.05) is 48.2 Å². The van der Waals surface area contributed by atoms with E-state index >= 15 is 0 Å². The zero-order valence-corrected chi connectivity index (χ0v) is 13.8. The molecule has 0 aliphatic carbocycles. The zero-order valence-electron chi connectivity index (χ0n) is 13.0. The number of rotatable bonds is 6. The molecule has 0 aliphatic heterocycles. The Bertz CT molecular complexity index is 896. The molecule has 1 amide bonds. The number of anilines is 1. The lowest BCUT2D eigenvalue weighted by atomic mass is 10.2. The van der Waals surface area contributed by atoms with Crippen LogP contribution >= 0.6 is 11.8 Å². The monoisotopic (exact) mass is 354 g/mol. The second-order valence-electron chi connectivity index (χ2n) is 5.11. The summed E-state index contributed by atoms with van der Waals surface area (Å²) in [5, 5.41) is 14.0. The van der Waals surface area contributed by atoms with Crippen molar-refractivity contribution in [2.45, 2.75) is 5.16 Å². The van der Waals surface area contributed by atoms with Gasteiger partial charge in [-0.3, -0.25) is 14.9 Å². The molecule has 1 aromatic heterocycles. The lowest BCUT2D eigenvalue weighted by molar-refractivity contribution is -0.384. The van der Waals surface area contributed by atoms with E-state index < -0.39 is 4.92 Å². The number of carbonyl (C=O) groups excluding carboxylic acids is 1. The first kappa shape index (κ1) is 16.7. The predicted octanol–water partition coefficient (Wildman–Crippen LogP) is 3.72. The molecular weight excluding hydrogens is 340 g/mol. The Morgan fingerprint density at radius 2 is 2.00 bits per heavy atom. The summed E-state index contributed by atoms with van der Waals surface area (Å²) in [6, 6.07) is 15.6. The standard InChI is InChI=1S/C17H14N4O3S/c22-16(19-13-7-4-8-14(9-13)21(23)24)11-25-17-18-10-15(20-17)12-5-2-1-3-6-12/h1-10H,11H2,(H,18,20)(H,19,22). The Labute approximate surface area is 147 Å². The number of thioether (sulfide) groups is 1. The lowest BCUT2D eigenvalue weighted by Gasteiger charge is -2.04. The van der Waals surface area contributed by atoms with E-state index in [0.29, 0.717) is 10.8 Å². The number of nitrogens with one attached hydrogen (secondary N) is 2. The number of H-pyrrole nitrogens is 1. The van der Waals surface area contributed by atoms with Crippen molar-refractivity contribution in [3.05, 3.63) is 70.9 Å². The normalized spacial score (nSPS) is 10.4. The molecule has 7 nitrogen and oxygen atoms in total. The number of nitro benzene ring substituents is 1. The highest BCUT2D eigenvalue weighted by molar-refractivity contribution is 7.99. The average Bonchev–Trinajstić information content (AvgIpc) is 3.10. The van der Waals surface area contributed by atoms with Crippen molar-refractivity contribution in [3.8, 4) is 11.3 Å². The first-order valence-corrected chi connectivity index (χ1v) is 8.38. The average molecular weight is 354 g/mol. The fraction of sp³-hybridized carbons (Fsp3) is 0.0588. The summed E-state index contributed by atoms with van der Waals surface area (Å²) in [6.07, 6.45) is 1.72. The third kappa shape index (κ3) is 4.45. The molecule has 0 aliphatic rings. The lowest BCUT2D eigenvalue weighted by Crippen LogP contribution is -2.14. The van der Waals surface area contributed by atoms with Gasteiger partial charge in [0.15, 0.2) is 5.16 Å². The van der Waals surface area contributed by atoms with Crippen LogP contribution < -0.4 is 5.32 Å². The molecule has 8 heteroatoms.